The van der Waals surface area contributed by atoms with Crippen molar-refractivity contribution in [2.75, 3.05) is 0 Å². The van der Waals surface area contributed by atoms with E-state index in [1.54, 1.807) is 6.07 Å². The zero-order valence-corrected chi connectivity index (χ0v) is 10.2. The highest BCUT2D eigenvalue weighted by atomic mass is 32.1. The smallest absolute Gasteiger partial charge is 0.273 e. The molecule has 0 saturated heterocycles. The first-order chi connectivity index (χ1) is 8.13. The maximum atomic E-state index is 11.2. The number of unbranched alkanes of at least 4 members (excludes halogenated alkanes) is 1. The van der Waals surface area contributed by atoms with E-state index < -0.39 is 4.92 Å². The van der Waals surface area contributed by atoms with Crippen molar-refractivity contribution < 1.29 is 9.72 Å². The van der Waals surface area contributed by atoms with Crippen molar-refractivity contribution in [3.8, 4) is 0 Å². The first kappa shape index (κ1) is 13.3. The van der Waals surface area contributed by atoms with Crippen LogP contribution in [0.5, 0.6) is 0 Å². The van der Waals surface area contributed by atoms with Crippen molar-refractivity contribution in [3.05, 3.63) is 27.1 Å². The lowest BCUT2D eigenvalue weighted by atomic mass is 10.2. The molecule has 6 nitrogen and oxygen atoms in total. The molecule has 92 valence electrons. The predicted octanol–water partition coefficient (Wildman–Crippen LogP) is 2.30. The Balaban J connectivity index is 2.42. The van der Waals surface area contributed by atoms with Crippen molar-refractivity contribution in [2.45, 2.75) is 26.2 Å². The molecule has 7 heteroatoms. The lowest BCUT2D eigenvalue weighted by Gasteiger charge is -1.96. The van der Waals surface area contributed by atoms with E-state index >= 15 is 0 Å². The molecule has 1 amide bonds. The maximum Gasteiger partial charge on any atom is 0.324 e. The van der Waals surface area contributed by atoms with E-state index in [1.807, 2.05) is 6.92 Å². The summed E-state index contributed by atoms with van der Waals surface area (Å²) in [6.45, 7) is 2.00. The summed E-state index contributed by atoms with van der Waals surface area (Å²) in [4.78, 5) is 21.8. The molecule has 0 atom stereocenters. The second-order valence-electron chi connectivity index (χ2n) is 3.33. The van der Waals surface area contributed by atoms with Crippen LogP contribution in [0.25, 0.3) is 0 Å². The van der Waals surface area contributed by atoms with E-state index in [9.17, 15) is 14.9 Å². The summed E-state index contributed by atoms with van der Waals surface area (Å²) in [6, 6.07) is 3.00. The van der Waals surface area contributed by atoms with Crippen molar-refractivity contribution in [2.24, 2.45) is 5.10 Å². The molecule has 1 rings (SSSR count). The van der Waals surface area contributed by atoms with E-state index in [0.717, 1.165) is 24.2 Å². The maximum absolute atomic E-state index is 11.2. The predicted molar refractivity (Wildman–Crippen MR) is 66.2 cm³/mol. The van der Waals surface area contributed by atoms with Gasteiger partial charge >= 0.3 is 5.00 Å². The van der Waals surface area contributed by atoms with Gasteiger partial charge < -0.3 is 0 Å². The van der Waals surface area contributed by atoms with Crippen LogP contribution >= 0.6 is 11.3 Å². The van der Waals surface area contributed by atoms with Crippen LogP contribution in [-0.4, -0.2) is 17.0 Å². The Morgan fingerprint density at radius 1 is 1.65 bits per heavy atom. The van der Waals surface area contributed by atoms with Gasteiger partial charge in [-0.15, -0.1) is 0 Å². The minimum absolute atomic E-state index is 0.0590. The number of rotatable bonds is 6. The molecule has 0 aliphatic heterocycles. The van der Waals surface area contributed by atoms with Gasteiger partial charge in [0.05, 0.1) is 16.0 Å². The second kappa shape index (κ2) is 6.74. The van der Waals surface area contributed by atoms with Gasteiger partial charge in [-0.05, 0) is 12.5 Å². The molecule has 0 unspecified atom stereocenters. The van der Waals surface area contributed by atoms with Crippen LogP contribution in [-0.2, 0) is 4.79 Å². The van der Waals surface area contributed by atoms with Crippen molar-refractivity contribution in [1.82, 2.24) is 5.43 Å². The third-order valence-corrected chi connectivity index (χ3v) is 2.90. The van der Waals surface area contributed by atoms with Gasteiger partial charge in [-0.25, -0.2) is 5.43 Å². The van der Waals surface area contributed by atoms with Crippen molar-refractivity contribution in [3.63, 3.8) is 0 Å². The zero-order chi connectivity index (χ0) is 12.7. The molecular formula is C10H13N3O3S. The lowest BCUT2D eigenvalue weighted by molar-refractivity contribution is -0.380. The summed E-state index contributed by atoms with van der Waals surface area (Å²) in [7, 11) is 0. The van der Waals surface area contributed by atoms with Gasteiger partial charge in [0.2, 0.25) is 5.91 Å². The Kier molecular flexibility index (Phi) is 5.28. The topological polar surface area (TPSA) is 84.6 Å². The minimum Gasteiger partial charge on any atom is -0.273 e. The molecule has 0 aromatic carbocycles. The Morgan fingerprint density at radius 3 is 3.00 bits per heavy atom. The fourth-order valence-electron chi connectivity index (χ4n) is 1.07. The third kappa shape index (κ3) is 4.73. The SMILES string of the molecule is CCCCC(=O)N/N=C/c1ccc([N+](=O)[O-])s1. The van der Waals surface area contributed by atoms with E-state index in [2.05, 4.69) is 10.5 Å². The fraction of sp³-hybridized carbons (Fsp3) is 0.400. The Bertz CT molecular complexity index is 428. The monoisotopic (exact) mass is 255 g/mol. The minimum atomic E-state index is -0.457. The molecule has 0 aliphatic rings. The molecule has 0 saturated carbocycles. The van der Waals surface area contributed by atoms with Crippen molar-refractivity contribution >= 4 is 28.5 Å². The van der Waals surface area contributed by atoms with Gasteiger partial charge in [0, 0.05) is 12.5 Å². The van der Waals surface area contributed by atoms with Crippen LogP contribution in [0.3, 0.4) is 0 Å². The third-order valence-electron chi connectivity index (χ3n) is 1.93. The van der Waals surface area contributed by atoms with Gasteiger partial charge in [0.25, 0.3) is 0 Å². The van der Waals surface area contributed by atoms with Gasteiger partial charge in [0.15, 0.2) is 0 Å². The number of hydrazone groups is 1. The number of hydrogen-bond acceptors (Lipinski definition) is 5. The van der Waals surface area contributed by atoms with Crippen molar-refractivity contribution in [1.29, 1.82) is 0 Å². The highest BCUT2D eigenvalue weighted by molar-refractivity contribution is 7.16. The normalized spacial score (nSPS) is 10.6. The highest BCUT2D eigenvalue weighted by Gasteiger charge is 2.07. The standard InChI is InChI=1S/C10H13N3O3S/c1-2-3-4-9(14)12-11-7-8-5-6-10(17-8)13(15)16/h5-7H,2-4H2,1H3,(H,12,14)/b11-7+. The first-order valence-corrected chi connectivity index (χ1v) is 6.01. The Labute approximate surface area is 102 Å². The number of thiophene rings is 1. The van der Waals surface area contributed by atoms with E-state index in [4.69, 9.17) is 0 Å². The number of amides is 1. The van der Waals surface area contributed by atoms with Crippen LogP contribution < -0.4 is 5.43 Å². The summed E-state index contributed by atoms with van der Waals surface area (Å²) in [5.74, 6) is -0.144. The summed E-state index contributed by atoms with van der Waals surface area (Å²) in [5.41, 5.74) is 2.37. The molecule has 0 fully saturated rings. The molecule has 1 aromatic heterocycles. The molecular weight excluding hydrogens is 242 g/mol. The number of nitro groups is 1. The molecule has 17 heavy (non-hydrogen) atoms. The van der Waals surface area contributed by atoms with Crippen LogP contribution in [0.2, 0.25) is 0 Å². The van der Waals surface area contributed by atoms with Gasteiger partial charge in [-0.2, -0.15) is 5.10 Å². The quantitative estimate of drug-likeness (QED) is 0.481. The van der Waals surface area contributed by atoms with E-state index in [1.165, 1.54) is 12.3 Å². The Morgan fingerprint density at radius 2 is 2.41 bits per heavy atom. The van der Waals surface area contributed by atoms with E-state index in [0.29, 0.717) is 11.3 Å². The number of nitrogens with zero attached hydrogens (tertiary/aromatic N) is 2. The molecule has 0 aliphatic carbocycles. The molecule has 1 N–H and O–H groups in total. The van der Waals surface area contributed by atoms with Gasteiger partial charge in [0.1, 0.15) is 0 Å². The Hall–Kier alpha value is -1.76. The van der Waals surface area contributed by atoms with Crippen LogP contribution in [0, 0.1) is 10.1 Å². The number of carbonyl (C=O) groups excluding carboxylic acids is 1. The van der Waals surface area contributed by atoms with Crippen LogP contribution in [0.1, 0.15) is 31.1 Å². The summed E-state index contributed by atoms with van der Waals surface area (Å²) in [6.07, 6.45) is 3.63. The molecule has 1 aromatic rings. The average Bonchev–Trinajstić information content (AvgIpc) is 2.75. The second-order valence-corrected chi connectivity index (χ2v) is 4.42. The summed E-state index contributed by atoms with van der Waals surface area (Å²) < 4.78 is 0. The van der Waals surface area contributed by atoms with Crippen LogP contribution in [0.4, 0.5) is 5.00 Å². The van der Waals surface area contributed by atoms with Crippen LogP contribution in [0.15, 0.2) is 17.2 Å². The fourth-order valence-corrected chi connectivity index (χ4v) is 1.76. The molecule has 1 heterocycles. The van der Waals surface area contributed by atoms with Gasteiger partial charge in [-0.1, -0.05) is 24.7 Å². The summed E-state index contributed by atoms with van der Waals surface area (Å²) in [5, 5.41) is 14.2. The summed E-state index contributed by atoms with van der Waals surface area (Å²) >= 11 is 1.01. The zero-order valence-electron chi connectivity index (χ0n) is 9.38. The number of carbonyl (C=O) groups is 1. The molecule has 0 spiro atoms. The largest absolute Gasteiger partial charge is 0.324 e. The number of nitrogens with one attached hydrogen (secondary N) is 1. The van der Waals surface area contributed by atoms with E-state index in [-0.39, 0.29) is 10.9 Å². The number of hydrogen-bond donors (Lipinski definition) is 1. The highest BCUT2D eigenvalue weighted by Crippen LogP contribution is 2.22. The average molecular weight is 255 g/mol. The lowest BCUT2D eigenvalue weighted by Crippen LogP contribution is -2.16. The molecule has 0 radical (unpaired) electrons. The first-order valence-electron chi connectivity index (χ1n) is 5.19. The van der Waals surface area contributed by atoms with Gasteiger partial charge in [-0.3, -0.25) is 14.9 Å². The molecule has 0 bridgehead atoms.